The Hall–Kier alpha value is -1.54. The second-order valence-corrected chi connectivity index (χ2v) is 6.67. The summed E-state index contributed by atoms with van der Waals surface area (Å²) in [4.78, 5) is 13.6. The maximum absolute atomic E-state index is 11.9. The lowest BCUT2D eigenvalue weighted by Gasteiger charge is -2.31. The zero-order valence-electron chi connectivity index (χ0n) is 11.3. The molecular weight excluding hydrogens is 282 g/mol. The fourth-order valence-corrected chi connectivity index (χ4v) is 3.03. The van der Waals surface area contributed by atoms with Gasteiger partial charge >= 0.3 is 6.03 Å². The van der Waals surface area contributed by atoms with Crippen LogP contribution in [0.15, 0.2) is 22.8 Å². The average Bonchev–Trinajstić information content (AvgIpc) is 2.88. The van der Waals surface area contributed by atoms with Gasteiger partial charge in [-0.1, -0.05) is 0 Å². The zero-order chi connectivity index (χ0) is 14.6. The van der Waals surface area contributed by atoms with Crippen molar-refractivity contribution < 1.29 is 17.6 Å². The van der Waals surface area contributed by atoms with Crippen LogP contribution in [0.1, 0.15) is 18.6 Å². The van der Waals surface area contributed by atoms with Gasteiger partial charge in [-0.15, -0.1) is 0 Å². The quantitative estimate of drug-likeness (QED) is 0.847. The summed E-state index contributed by atoms with van der Waals surface area (Å²) < 4.78 is 30.0. The van der Waals surface area contributed by atoms with Gasteiger partial charge in [0, 0.05) is 19.1 Å². The number of hydrogen-bond donors (Lipinski definition) is 2. The van der Waals surface area contributed by atoms with Crippen LogP contribution in [0.25, 0.3) is 0 Å². The molecule has 0 aromatic carbocycles. The number of furan rings is 1. The van der Waals surface area contributed by atoms with E-state index in [9.17, 15) is 13.2 Å². The van der Waals surface area contributed by atoms with E-state index in [2.05, 4.69) is 10.0 Å². The minimum Gasteiger partial charge on any atom is -0.467 e. The molecule has 2 rings (SSSR count). The van der Waals surface area contributed by atoms with Gasteiger partial charge in [0.1, 0.15) is 5.76 Å². The van der Waals surface area contributed by atoms with Crippen LogP contribution in [-0.4, -0.2) is 44.7 Å². The summed E-state index contributed by atoms with van der Waals surface area (Å²) in [7, 11) is -3.18. The second-order valence-electron chi connectivity index (χ2n) is 4.89. The van der Waals surface area contributed by atoms with Crippen LogP contribution in [0.3, 0.4) is 0 Å². The van der Waals surface area contributed by atoms with Gasteiger partial charge in [-0.2, -0.15) is 0 Å². The third kappa shape index (κ3) is 4.53. The summed E-state index contributed by atoms with van der Waals surface area (Å²) >= 11 is 0. The number of rotatable bonds is 4. The fraction of sp³-hybridized carbons (Fsp3) is 0.583. The molecule has 8 heteroatoms. The van der Waals surface area contributed by atoms with Gasteiger partial charge in [0.25, 0.3) is 0 Å². The number of likely N-dealkylation sites (tertiary alicyclic amines) is 1. The first-order valence-corrected chi connectivity index (χ1v) is 8.35. The molecule has 1 aliphatic rings. The molecule has 1 saturated heterocycles. The van der Waals surface area contributed by atoms with Crippen LogP contribution in [-0.2, 0) is 16.6 Å². The van der Waals surface area contributed by atoms with Gasteiger partial charge in [0.2, 0.25) is 10.0 Å². The lowest BCUT2D eigenvalue weighted by atomic mass is 10.1. The van der Waals surface area contributed by atoms with Gasteiger partial charge in [0.05, 0.1) is 19.1 Å². The summed E-state index contributed by atoms with van der Waals surface area (Å²) in [5.41, 5.74) is 0. The average molecular weight is 301 g/mol. The monoisotopic (exact) mass is 301 g/mol. The molecule has 1 aromatic rings. The highest BCUT2D eigenvalue weighted by atomic mass is 32.2. The summed E-state index contributed by atoms with van der Waals surface area (Å²) in [6, 6.07) is 3.32. The van der Waals surface area contributed by atoms with E-state index in [0.717, 1.165) is 6.26 Å². The number of hydrogen-bond acceptors (Lipinski definition) is 4. The Morgan fingerprint density at radius 2 is 2.15 bits per heavy atom. The van der Waals surface area contributed by atoms with Crippen molar-refractivity contribution in [3.8, 4) is 0 Å². The molecule has 112 valence electrons. The van der Waals surface area contributed by atoms with E-state index in [0.29, 0.717) is 38.2 Å². The molecule has 20 heavy (non-hydrogen) atoms. The Morgan fingerprint density at radius 1 is 1.45 bits per heavy atom. The van der Waals surface area contributed by atoms with Crippen LogP contribution in [0, 0.1) is 0 Å². The lowest BCUT2D eigenvalue weighted by Crippen LogP contribution is -2.49. The number of nitrogens with zero attached hydrogens (tertiary/aromatic N) is 1. The maximum Gasteiger partial charge on any atom is 0.317 e. The smallest absolute Gasteiger partial charge is 0.317 e. The van der Waals surface area contributed by atoms with Crippen LogP contribution in [0.2, 0.25) is 0 Å². The van der Waals surface area contributed by atoms with Crippen LogP contribution in [0.4, 0.5) is 4.79 Å². The van der Waals surface area contributed by atoms with Crippen molar-refractivity contribution in [1.82, 2.24) is 14.9 Å². The molecule has 0 radical (unpaired) electrons. The minimum atomic E-state index is -3.18. The Kier molecular flexibility index (Phi) is 4.66. The summed E-state index contributed by atoms with van der Waals surface area (Å²) in [6.45, 7) is 1.43. The van der Waals surface area contributed by atoms with E-state index in [1.165, 1.54) is 0 Å². The van der Waals surface area contributed by atoms with Gasteiger partial charge < -0.3 is 14.6 Å². The van der Waals surface area contributed by atoms with Crippen molar-refractivity contribution in [2.45, 2.75) is 25.4 Å². The summed E-state index contributed by atoms with van der Waals surface area (Å²) in [5.74, 6) is 0.701. The topological polar surface area (TPSA) is 91.7 Å². The largest absolute Gasteiger partial charge is 0.467 e. The van der Waals surface area contributed by atoms with E-state index < -0.39 is 10.0 Å². The number of amides is 2. The van der Waals surface area contributed by atoms with E-state index in [1.807, 2.05) is 0 Å². The predicted molar refractivity (Wildman–Crippen MR) is 73.5 cm³/mol. The van der Waals surface area contributed by atoms with Crippen molar-refractivity contribution in [2.24, 2.45) is 0 Å². The molecule has 2 N–H and O–H groups in total. The van der Waals surface area contributed by atoms with Crippen molar-refractivity contribution in [3.63, 3.8) is 0 Å². The number of nitrogens with one attached hydrogen (secondary N) is 2. The maximum atomic E-state index is 11.9. The van der Waals surface area contributed by atoms with Crippen molar-refractivity contribution >= 4 is 16.1 Å². The molecule has 2 amide bonds. The van der Waals surface area contributed by atoms with Gasteiger partial charge in [-0.25, -0.2) is 17.9 Å². The van der Waals surface area contributed by atoms with Crippen LogP contribution in [0.5, 0.6) is 0 Å². The molecule has 0 saturated carbocycles. The molecule has 1 aliphatic heterocycles. The fourth-order valence-electron chi connectivity index (χ4n) is 2.19. The van der Waals surface area contributed by atoms with Gasteiger partial charge in [-0.05, 0) is 25.0 Å². The second kappa shape index (κ2) is 6.27. The van der Waals surface area contributed by atoms with Crippen LogP contribution < -0.4 is 10.0 Å². The molecule has 0 aliphatic carbocycles. The molecular formula is C12H19N3O4S. The van der Waals surface area contributed by atoms with E-state index >= 15 is 0 Å². The first-order chi connectivity index (χ1) is 9.44. The lowest BCUT2D eigenvalue weighted by molar-refractivity contribution is 0.179. The van der Waals surface area contributed by atoms with Crippen molar-refractivity contribution in [1.29, 1.82) is 0 Å². The normalized spacial score (nSPS) is 17.1. The first-order valence-electron chi connectivity index (χ1n) is 6.46. The third-order valence-electron chi connectivity index (χ3n) is 3.16. The van der Waals surface area contributed by atoms with E-state index in [4.69, 9.17) is 4.42 Å². The van der Waals surface area contributed by atoms with Crippen LogP contribution >= 0.6 is 0 Å². The summed E-state index contributed by atoms with van der Waals surface area (Å²) in [5, 5.41) is 2.77. The van der Waals surface area contributed by atoms with E-state index in [-0.39, 0.29) is 12.1 Å². The van der Waals surface area contributed by atoms with Crippen molar-refractivity contribution in [3.05, 3.63) is 24.2 Å². The Balaban J connectivity index is 1.74. The highest BCUT2D eigenvalue weighted by Gasteiger charge is 2.24. The zero-order valence-corrected chi connectivity index (χ0v) is 12.1. The Morgan fingerprint density at radius 3 is 2.70 bits per heavy atom. The molecule has 0 atom stereocenters. The summed E-state index contributed by atoms with van der Waals surface area (Å²) in [6.07, 6.45) is 3.96. The SMILES string of the molecule is CS(=O)(=O)NC1CCN(C(=O)NCc2ccco2)CC1. The molecule has 2 heterocycles. The van der Waals surface area contributed by atoms with E-state index in [1.54, 1.807) is 23.3 Å². The molecule has 0 spiro atoms. The number of sulfonamides is 1. The number of carbonyl (C=O) groups is 1. The number of urea groups is 1. The third-order valence-corrected chi connectivity index (χ3v) is 3.92. The molecule has 7 nitrogen and oxygen atoms in total. The molecule has 0 bridgehead atoms. The highest BCUT2D eigenvalue weighted by Crippen LogP contribution is 2.11. The minimum absolute atomic E-state index is 0.0841. The number of piperidine rings is 1. The standard InChI is InChI=1S/C12H19N3O4S/c1-20(17,18)14-10-4-6-15(7-5-10)12(16)13-9-11-3-2-8-19-11/h2-3,8,10,14H,4-7,9H2,1H3,(H,13,16). The molecule has 0 unspecified atom stereocenters. The Bertz CT molecular complexity index is 533. The highest BCUT2D eigenvalue weighted by molar-refractivity contribution is 7.88. The predicted octanol–water partition coefficient (Wildman–Crippen LogP) is 0.503. The molecule has 1 fully saturated rings. The van der Waals surface area contributed by atoms with Crippen molar-refractivity contribution in [2.75, 3.05) is 19.3 Å². The first kappa shape index (κ1) is 14.9. The number of carbonyl (C=O) groups excluding carboxylic acids is 1. The van der Waals surface area contributed by atoms with Gasteiger partial charge in [0.15, 0.2) is 0 Å². The molecule has 1 aromatic heterocycles. The Labute approximate surface area is 118 Å². The van der Waals surface area contributed by atoms with Gasteiger partial charge in [-0.3, -0.25) is 0 Å².